The maximum Gasteiger partial charge on any atom is 0.238 e. The van der Waals surface area contributed by atoms with E-state index in [1.165, 1.54) is 0 Å². The Morgan fingerprint density at radius 2 is 2.11 bits per heavy atom. The molecule has 1 unspecified atom stereocenters. The molecule has 0 saturated carbocycles. The van der Waals surface area contributed by atoms with Crippen molar-refractivity contribution in [2.45, 2.75) is 25.8 Å². The second-order valence-electron chi connectivity index (χ2n) is 4.85. The minimum absolute atomic E-state index is 0.193. The number of thioether (sulfide) groups is 1. The molecular formula is C13H22N2O2S. The Hall–Kier alpha value is -0.940. The van der Waals surface area contributed by atoms with Gasteiger partial charge in [-0.15, -0.1) is 11.8 Å². The lowest BCUT2D eigenvalue weighted by Gasteiger charge is -2.12. The maximum atomic E-state index is 8.98. The minimum atomic E-state index is 0.193. The lowest BCUT2D eigenvalue weighted by molar-refractivity contribution is 0.250. The SMILES string of the molecule is CC(C)COc1nc(SCC(C)CO)ccc1N. The highest BCUT2D eigenvalue weighted by atomic mass is 32.2. The number of ether oxygens (including phenoxy) is 1. The van der Waals surface area contributed by atoms with E-state index in [0.717, 1.165) is 10.8 Å². The fourth-order valence-corrected chi connectivity index (χ4v) is 2.03. The minimum Gasteiger partial charge on any atom is -0.476 e. The first-order valence-corrected chi connectivity index (χ1v) is 7.14. The molecular weight excluding hydrogens is 248 g/mol. The molecule has 5 heteroatoms. The fraction of sp³-hybridized carbons (Fsp3) is 0.615. The van der Waals surface area contributed by atoms with Crippen LogP contribution in [-0.2, 0) is 0 Å². The van der Waals surface area contributed by atoms with Gasteiger partial charge < -0.3 is 15.6 Å². The van der Waals surface area contributed by atoms with Gasteiger partial charge in [-0.05, 0) is 24.0 Å². The molecule has 1 rings (SSSR count). The molecule has 0 aromatic carbocycles. The number of anilines is 1. The van der Waals surface area contributed by atoms with Crippen molar-refractivity contribution in [2.75, 3.05) is 24.7 Å². The van der Waals surface area contributed by atoms with Gasteiger partial charge in [-0.3, -0.25) is 0 Å². The summed E-state index contributed by atoms with van der Waals surface area (Å²) < 4.78 is 5.57. The maximum absolute atomic E-state index is 8.98. The summed E-state index contributed by atoms with van der Waals surface area (Å²) in [4.78, 5) is 4.38. The van der Waals surface area contributed by atoms with Gasteiger partial charge in [0.25, 0.3) is 0 Å². The third-order valence-electron chi connectivity index (χ3n) is 2.24. The average molecular weight is 270 g/mol. The van der Waals surface area contributed by atoms with Crippen LogP contribution in [0.4, 0.5) is 5.69 Å². The predicted octanol–water partition coefficient (Wildman–Crippen LogP) is 2.42. The molecule has 18 heavy (non-hydrogen) atoms. The van der Waals surface area contributed by atoms with E-state index in [0.29, 0.717) is 24.1 Å². The number of rotatable bonds is 7. The summed E-state index contributed by atoms with van der Waals surface area (Å²) >= 11 is 1.60. The van der Waals surface area contributed by atoms with Crippen LogP contribution in [-0.4, -0.2) is 29.1 Å². The Labute approximate surface area is 113 Å². The summed E-state index contributed by atoms with van der Waals surface area (Å²) in [5.41, 5.74) is 6.39. The predicted molar refractivity (Wildman–Crippen MR) is 76.0 cm³/mol. The number of hydrogen-bond donors (Lipinski definition) is 2. The summed E-state index contributed by atoms with van der Waals surface area (Å²) in [6, 6.07) is 3.70. The van der Waals surface area contributed by atoms with Crippen LogP contribution in [0, 0.1) is 11.8 Å². The topological polar surface area (TPSA) is 68.4 Å². The fourth-order valence-electron chi connectivity index (χ4n) is 1.16. The van der Waals surface area contributed by atoms with Crippen LogP contribution in [0.1, 0.15) is 20.8 Å². The number of aromatic nitrogens is 1. The van der Waals surface area contributed by atoms with Crippen molar-refractivity contribution in [3.63, 3.8) is 0 Å². The lowest BCUT2D eigenvalue weighted by Crippen LogP contribution is -2.08. The summed E-state index contributed by atoms with van der Waals surface area (Å²) in [5, 5.41) is 9.86. The Morgan fingerprint density at radius 3 is 2.72 bits per heavy atom. The molecule has 1 atom stereocenters. The molecule has 0 aliphatic heterocycles. The number of nitrogens with two attached hydrogens (primary N) is 1. The lowest BCUT2D eigenvalue weighted by atomic mass is 10.2. The highest BCUT2D eigenvalue weighted by Gasteiger charge is 2.07. The van der Waals surface area contributed by atoms with Crippen molar-refractivity contribution in [3.05, 3.63) is 12.1 Å². The molecule has 0 radical (unpaired) electrons. The number of pyridine rings is 1. The summed E-state index contributed by atoms with van der Waals surface area (Å²) in [6.07, 6.45) is 0. The summed E-state index contributed by atoms with van der Waals surface area (Å²) in [7, 11) is 0. The third kappa shape index (κ3) is 5.14. The van der Waals surface area contributed by atoms with Gasteiger partial charge >= 0.3 is 0 Å². The van der Waals surface area contributed by atoms with Crippen LogP contribution in [0.15, 0.2) is 17.2 Å². The molecule has 0 aliphatic carbocycles. The van der Waals surface area contributed by atoms with Crippen LogP contribution in [0.2, 0.25) is 0 Å². The highest BCUT2D eigenvalue weighted by Crippen LogP contribution is 2.25. The van der Waals surface area contributed by atoms with Crippen molar-refractivity contribution >= 4 is 17.4 Å². The second kappa shape index (κ2) is 7.48. The Kier molecular flexibility index (Phi) is 6.29. The third-order valence-corrected chi connectivity index (χ3v) is 3.50. The van der Waals surface area contributed by atoms with Crippen LogP contribution in [0.25, 0.3) is 0 Å². The van der Waals surface area contributed by atoms with Crippen LogP contribution in [0.3, 0.4) is 0 Å². The molecule has 0 spiro atoms. The first-order valence-electron chi connectivity index (χ1n) is 6.16. The van der Waals surface area contributed by atoms with E-state index in [-0.39, 0.29) is 12.5 Å². The standard InChI is InChI=1S/C13H22N2O2S/c1-9(2)7-17-13-11(14)4-5-12(15-13)18-8-10(3)6-16/h4-5,9-10,16H,6-8,14H2,1-3H3. The summed E-state index contributed by atoms with van der Waals surface area (Å²) in [5.74, 6) is 2.04. The first-order chi connectivity index (χ1) is 8.52. The quantitative estimate of drug-likeness (QED) is 0.745. The molecule has 0 bridgehead atoms. The number of nitrogen functional groups attached to an aromatic ring is 1. The first kappa shape index (κ1) is 15.1. The molecule has 0 amide bonds. The van der Waals surface area contributed by atoms with Crippen LogP contribution >= 0.6 is 11.8 Å². The zero-order valence-corrected chi connectivity index (χ0v) is 12.0. The van der Waals surface area contributed by atoms with E-state index >= 15 is 0 Å². The van der Waals surface area contributed by atoms with Gasteiger partial charge in [-0.1, -0.05) is 20.8 Å². The average Bonchev–Trinajstić information content (AvgIpc) is 2.35. The van der Waals surface area contributed by atoms with Crippen LogP contribution < -0.4 is 10.5 Å². The zero-order chi connectivity index (χ0) is 13.5. The number of aliphatic hydroxyl groups is 1. The van der Waals surface area contributed by atoms with Gasteiger partial charge in [-0.2, -0.15) is 0 Å². The van der Waals surface area contributed by atoms with Gasteiger partial charge in [0.1, 0.15) is 5.03 Å². The molecule has 3 N–H and O–H groups in total. The van der Waals surface area contributed by atoms with Crippen molar-refractivity contribution in [2.24, 2.45) is 11.8 Å². The highest BCUT2D eigenvalue weighted by molar-refractivity contribution is 7.99. The monoisotopic (exact) mass is 270 g/mol. The molecule has 102 valence electrons. The molecule has 0 saturated heterocycles. The molecule has 1 aromatic heterocycles. The van der Waals surface area contributed by atoms with Crippen LogP contribution in [0.5, 0.6) is 5.88 Å². The normalized spacial score (nSPS) is 12.7. The van der Waals surface area contributed by atoms with Crippen molar-refractivity contribution in [3.8, 4) is 5.88 Å². The molecule has 1 aromatic rings. The van der Waals surface area contributed by atoms with E-state index in [4.69, 9.17) is 15.6 Å². The molecule has 1 heterocycles. The van der Waals surface area contributed by atoms with Gasteiger partial charge in [-0.25, -0.2) is 4.98 Å². The van der Waals surface area contributed by atoms with Crippen molar-refractivity contribution in [1.82, 2.24) is 4.98 Å². The number of hydrogen-bond acceptors (Lipinski definition) is 5. The number of aliphatic hydroxyl groups excluding tert-OH is 1. The Bertz CT molecular complexity index is 372. The van der Waals surface area contributed by atoms with E-state index in [1.54, 1.807) is 11.8 Å². The van der Waals surface area contributed by atoms with Gasteiger partial charge in [0.15, 0.2) is 0 Å². The van der Waals surface area contributed by atoms with Gasteiger partial charge in [0, 0.05) is 12.4 Å². The zero-order valence-electron chi connectivity index (χ0n) is 11.2. The van der Waals surface area contributed by atoms with E-state index in [9.17, 15) is 0 Å². The summed E-state index contributed by atoms with van der Waals surface area (Å²) in [6.45, 7) is 6.97. The molecule has 4 nitrogen and oxygen atoms in total. The number of nitrogens with zero attached hydrogens (tertiary/aromatic N) is 1. The van der Waals surface area contributed by atoms with Gasteiger partial charge in [0.05, 0.1) is 12.3 Å². The van der Waals surface area contributed by atoms with Crippen molar-refractivity contribution < 1.29 is 9.84 Å². The largest absolute Gasteiger partial charge is 0.476 e. The Balaban J connectivity index is 2.62. The van der Waals surface area contributed by atoms with E-state index in [2.05, 4.69) is 18.8 Å². The molecule has 0 fully saturated rings. The Morgan fingerprint density at radius 1 is 1.39 bits per heavy atom. The smallest absolute Gasteiger partial charge is 0.238 e. The van der Waals surface area contributed by atoms with Gasteiger partial charge in [0.2, 0.25) is 5.88 Å². The second-order valence-corrected chi connectivity index (χ2v) is 5.89. The van der Waals surface area contributed by atoms with E-state index < -0.39 is 0 Å². The molecule has 0 aliphatic rings. The van der Waals surface area contributed by atoms with E-state index in [1.807, 2.05) is 19.1 Å². The van der Waals surface area contributed by atoms with Crippen molar-refractivity contribution in [1.29, 1.82) is 0 Å².